The third kappa shape index (κ3) is 5.51. The molecule has 1 aromatic carbocycles. The van der Waals surface area contributed by atoms with Crippen LogP contribution in [0.3, 0.4) is 0 Å². The Morgan fingerprint density at radius 1 is 1.15 bits per heavy atom. The number of ether oxygens (including phenoxy) is 2. The molecule has 0 unspecified atom stereocenters. The lowest BCUT2D eigenvalue weighted by Crippen LogP contribution is -2.07. The molecule has 0 amide bonds. The first kappa shape index (κ1) is 16.3. The minimum Gasteiger partial charge on any atom is -0.492 e. The van der Waals surface area contributed by atoms with E-state index in [1.807, 2.05) is 6.92 Å². The smallest absolute Gasteiger partial charge is 0.338 e. The predicted octanol–water partition coefficient (Wildman–Crippen LogP) is 3.79. The molecule has 1 rings (SSSR count). The highest BCUT2D eigenvalue weighted by Gasteiger charge is 2.09. The topological polar surface area (TPSA) is 61.5 Å². The van der Waals surface area contributed by atoms with Crippen LogP contribution in [0.4, 0.5) is 5.69 Å². The Hall–Kier alpha value is -1.71. The Morgan fingerprint density at radius 2 is 1.90 bits per heavy atom. The summed E-state index contributed by atoms with van der Waals surface area (Å²) in [6.07, 6.45) is 5.67. The van der Waals surface area contributed by atoms with E-state index in [1.165, 1.54) is 19.3 Å². The van der Waals surface area contributed by atoms with Gasteiger partial charge in [0.05, 0.1) is 24.5 Å². The molecule has 0 fully saturated rings. The summed E-state index contributed by atoms with van der Waals surface area (Å²) in [5.41, 5.74) is 6.76. The predicted molar refractivity (Wildman–Crippen MR) is 81.1 cm³/mol. The van der Waals surface area contributed by atoms with Crippen LogP contribution in [0.15, 0.2) is 18.2 Å². The lowest BCUT2D eigenvalue weighted by molar-refractivity contribution is 0.0497. The Morgan fingerprint density at radius 3 is 2.55 bits per heavy atom. The third-order valence-electron chi connectivity index (χ3n) is 3.03. The van der Waals surface area contributed by atoms with Crippen molar-refractivity contribution in [1.29, 1.82) is 0 Å². The Balaban J connectivity index is 2.38. The molecule has 0 aliphatic heterocycles. The van der Waals surface area contributed by atoms with E-state index in [1.54, 1.807) is 18.2 Å². The SMILES string of the molecule is CCCCCCCOC(=O)c1ccc(OCC)c(N)c1. The second kappa shape index (κ2) is 9.23. The zero-order valence-electron chi connectivity index (χ0n) is 12.5. The van der Waals surface area contributed by atoms with E-state index < -0.39 is 0 Å². The van der Waals surface area contributed by atoms with Gasteiger partial charge >= 0.3 is 5.97 Å². The first-order valence-corrected chi connectivity index (χ1v) is 7.38. The second-order valence-corrected chi connectivity index (χ2v) is 4.74. The van der Waals surface area contributed by atoms with Crippen molar-refractivity contribution in [3.8, 4) is 5.75 Å². The summed E-state index contributed by atoms with van der Waals surface area (Å²) in [4.78, 5) is 11.8. The number of hydrogen-bond acceptors (Lipinski definition) is 4. The summed E-state index contributed by atoms with van der Waals surface area (Å²) >= 11 is 0. The van der Waals surface area contributed by atoms with Crippen molar-refractivity contribution in [2.45, 2.75) is 46.0 Å². The van der Waals surface area contributed by atoms with Gasteiger partial charge in [-0.3, -0.25) is 0 Å². The van der Waals surface area contributed by atoms with Gasteiger partial charge in [-0.25, -0.2) is 4.79 Å². The maximum Gasteiger partial charge on any atom is 0.338 e. The fraction of sp³-hybridized carbons (Fsp3) is 0.562. The van der Waals surface area contributed by atoms with Crippen molar-refractivity contribution >= 4 is 11.7 Å². The van der Waals surface area contributed by atoms with E-state index in [0.29, 0.717) is 30.2 Å². The summed E-state index contributed by atoms with van der Waals surface area (Å²) in [6, 6.07) is 4.99. The van der Waals surface area contributed by atoms with E-state index in [9.17, 15) is 4.79 Å². The lowest BCUT2D eigenvalue weighted by Gasteiger charge is -2.09. The number of hydrogen-bond donors (Lipinski definition) is 1. The molecule has 0 aromatic heterocycles. The van der Waals surface area contributed by atoms with E-state index in [-0.39, 0.29) is 5.97 Å². The number of carbonyl (C=O) groups is 1. The van der Waals surface area contributed by atoms with Gasteiger partial charge in [0.1, 0.15) is 5.75 Å². The maximum atomic E-state index is 11.8. The van der Waals surface area contributed by atoms with Crippen LogP contribution in [0.1, 0.15) is 56.3 Å². The minimum atomic E-state index is -0.324. The molecular weight excluding hydrogens is 254 g/mol. The first-order valence-electron chi connectivity index (χ1n) is 7.38. The van der Waals surface area contributed by atoms with Gasteiger partial charge in [-0.1, -0.05) is 32.6 Å². The molecule has 0 aliphatic rings. The summed E-state index contributed by atoms with van der Waals surface area (Å²) in [7, 11) is 0. The van der Waals surface area contributed by atoms with Gasteiger partial charge in [-0.15, -0.1) is 0 Å². The zero-order valence-corrected chi connectivity index (χ0v) is 12.5. The van der Waals surface area contributed by atoms with Gasteiger partial charge in [-0.2, -0.15) is 0 Å². The van der Waals surface area contributed by atoms with E-state index in [0.717, 1.165) is 12.8 Å². The van der Waals surface area contributed by atoms with Crippen LogP contribution < -0.4 is 10.5 Å². The van der Waals surface area contributed by atoms with Crippen LogP contribution in [-0.2, 0) is 4.74 Å². The monoisotopic (exact) mass is 279 g/mol. The van der Waals surface area contributed by atoms with Crippen LogP contribution in [0.2, 0.25) is 0 Å². The number of esters is 1. The average Bonchev–Trinajstić information content (AvgIpc) is 2.45. The van der Waals surface area contributed by atoms with Gasteiger partial charge in [0.2, 0.25) is 0 Å². The number of benzene rings is 1. The Labute approximate surface area is 121 Å². The fourth-order valence-electron chi connectivity index (χ4n) is 1.92. The number of nitrogen functional groups attached to an aromatic ring is 1. The summed E-state index contributed by atoms with van der Waals surface area (Å²) in [5, 5.41) is 0. The van der Waals surface area contributed by atoms with Crippen molar-refractivity contribution in [2.24, 2.45) is 0 Å². The molecule has 0 aliphatic carbocycles. The number of carbonyl (C=O) groups excluding carboxylic acids is 1. The summed E-state index contributed by atoms with van der Waals surface area (Å²) in [5.74, 6) is 0.277. The number of rotatable bonds is 9. The first-order chi connectivity index (χ1) is 9.69. The standard InChI is InChI=1S/C16H25NO3/c1-3-5-6-7-8-11-20-16(18)13-9-10-15(19-4-2)14(17)12-13/h9-10,12H,3-8,11,17H2,1-2H3. The van der Waals surface area contributed by atoms with Gasteiger partial charge in [0.15, 0.2) is 0 Å². The van der Waals surface area contributed by atoms with E-state index in [2.05, 4.69) is 6.92 Å². The van der Waals surface area contributed by atoms with Gasteiger partial charge in [-0.05, 0) is 31.5 Å². The summed E-state index contributed by atoms with van der Waals surface area (Å²) < 4.78 is 10.6. The van der Waals surface area contributed by atoms with Crippen LogP contribution in [-0.4, -0.2) is 19.2 Å². The molecule has 0 saturated carbocycles. The Bertz CT molecular complexity index is 418. The van der Waals surface area contributed by atoms with Crippen molar-refractivity contribution < 1.29 is 14.3 Å². The molecule has 4 nitrogen and oxygen atoms in total. The highest BCUT2D eigenvalue weighted by molar-refractivity contribution is 5.91. The van der Waals surface area contributed by atoms with Crippen LogP contribution in [0, 0.1) is 0 Å². The molecule has 0 atom stereocenters. The largest absolute Gasteiger partial charge is 0.492 e. The highest BCUT2D eigenvalue weighted by Crippen LogP contribution is 2.22. The highest BCUT2D eigenvalue weighted by atomic mass is 16.5. The molecule has 20 heavy (non-hydrogen) atoms. The maximum absolute atomic E-state index is 11.8. The van der Waals surface area contributed by atoms with Crippen LogP contribution in [0.5, 0.6) is 5.75 Å². The van der Waals surface area contributed by atoms with Crippen LogP contribution in [0.25, 0.3) is 0 Å². The lowest BCUT2D eigenvalue weighted by atomic mass is 10.1. The van der Waals surface area contributed by atoms with Gasteiger partial charge in [0, 0.05) is 0 Å². The molecule has 0 spiro atoms. The average molecular weight is 279 g/mol. The van der Waals surface area contributed by atoms with E-state index >= 15 is 0 Å². The number of unbranched alkanes of at least 4 members (excludes halogenated alkanes) is 4. The molecule has 0 saturated heterocycles. The van der Waals surface area contributed by atoms with Crippen molar-refractivity contribution in [3.63, 3.8) is 0 Å². The van der Waals surface area contributed by atoms with Crippen molar-refractivity contribution in [3.05, 3.63) is 23.8 Å². The molecule has 0 radical (unpaired) electrons. The number of anilines is 1. The fourth-order valence-corrected chi connectivity index (χ4v) is 1.92. The molecule has 0 bridgehead atoms. The zero-order chi connectivity index (χ0) is 14.8. The molecule has 2 N–H and O–H groups in total. The molecular formula is C16H25NO3. The molecule has 112 valence electrons. The number of nitrogens with two attached hydrogens (primary N) is 1. The minimum absolute atomic E-state index is 0.324. The van der Waals surface area contributed by atoms with Crippen LogP contribution >= 0.6 is 0 Å². The third-order valence-corrected chi connectivity index (χ3v) is 3.03. The second-order valence-electron chi connectivity index (χ2n) is 4.74. The normalized spacial score (nSPS) is 10.3. The molecule has 4 heteroatoms. The van der Waals surface area contributed by atoms with Crippen molar-refractivity contribution in [1.82, 2.24) is 0 Å². The van der Waals surface area contributed by atoms with E-state index in [4.69, 9.17) is 15.2 Å². The van der Waals surface area contributed by atoms with Gasteiger partial charge < -0.3 is 15.2 Å². The van der Waals surface area contributed by atoms with Crippen molar-refractivity contribution in [2.75, 3.05) is 18.9 Å². The Kier molecular flexibility index (Phi) is 7.55. The van der Waals surface area contributed by atoms with Gasteiger partial charge in [0.25, 0.3) is 0 Å². The quantitative estimate of drug-likeness (QED) is 0.424. The molecule has 0 heterocycles. The molecule has 1 aromatic rings. The summed E-state index contributed by atoms with van der Waals surface area (Å²) in [6.45, 7) is 5.08.